The zero-order chi connectivity index (χ0) is 14.8. The van der Waals surface area contributed by atoms with Crippen LogP contribution in [-0.2, 0) is 0 Å². The summed E-state index contributed by atoms with van der Waals surface area (Å²) >= 11 is 0. The van der Waals surface area contributed by atoms with Crippen LogP contribution in [0.4, 0.5) is 14.5 Å². The highest BCUT2D eigenvalue weighted by atomic mass is 19.1. The average Bonchev–Trinajstić information content (AvgIpc) is 2.49. The van der Waals surface area contributed by atoms with E-state index in [1.165, 1.54) is 6.21 Å². The van der Waals surface area contributed by atoms with Crippen LogP contribution in [0, 0.1) is 11.6 Å². The van der Waals surface area contributed by atoms with Crippen molar-refractivity contribution in [3.05, 3.63) is 71.8 Å². The molecule has 0 radical (unpaired) electrons. The predicted octanol–water partition coefficient (Wildman–Crippen LogP) is 4.57. The van der Waals surface area contributed by atoms with Crippen molar-refractivity contribution in [1.82, 2.24) is 0 Å². The Morgan fingerprint density at radius 1 is 0.952 bits per heavy atom. The predicted molar refractivity (Wildman–Crippen MR) is 79.2 cm³/mol. The van der Waals surface area contributed by atoms with Gasteiger partial charge in [-0.05, 0) is 29.0 Å². The zero-order valence-electron chi connectivity index (χ0n) is 10.9. The molecule has 0 bridgehead atoms. The summed E-state index contributed by atoms with van der Waals surface area (Å²) in [5.74, 6) is -1.15. The first kappa shape index (κ1) is 13.2. The molecule has 0 heterocycles. The van der Waals surface area contributed by atoms with E-state index >= 15 is 0 Å². The lowest BCUT2D eigenvalue weighted by atomic mass is 10.0. The lowest BCUT2D eigenvalue weighted by molar-refractivity contribution is 0.475. The van der Waals surface area contributed by atoms with Gasteiger partial charge in [-0.1, -0.05) is 30.3 Å². The van der Waals surface area contributed by atoms with Gasteiger partial charge < -0.3 is 5.11 Å². The van der Waals surface area contributed by atoms with E-state index in [1.54, 1.807) is 12.1 Å². The minimum Gasteiger partial charge on any atom is -0.507 e. The molecule has 0 saturated carbocycles. The molecule has 104 valence electrons. The fourth-order valence-corrected chi connectivity index (χ4v) is 2.14. The van der Waals surface area contributed by atoms with Crippen molar-refractivity contribution in [2.45, 2.75) is 0 Å². The normalized spacial score (nSPS) is 11.3. The van der Waals surface area contributed by atoms with Gasteiger partial charge in [-0.2, -0.15) is 0 Å². The number of fused-ring (bicyclic) bond motifs is 1. The van der Waals surface area contributed by atoms with Crippen LogP contribution in [0.15, 0.2) is 59.6 Å². The van der Waals surface area contributed by atoms with E-state index in [9.17, 15) is 13.9 Å². The zero-order valence-corrected chi connectivity index (χ0v) is 10.9. The first-order valence-corrected chi connectivity index (χ1v) is 6.35. The average molecular weight is 283 g/mol. The fourth-order valence-electron chi connectivity index (χ4n) is 2.14. The summed E-state index contributed by atoms with van der Waals surface area (Å²) in [6.07, 6.45) is 1.34. The Bertz CT molecular complexity index is 843. The molecule has 0 aliphatic heterocycles. The highest BCUT2D eigenvalue weighted by molar-refractivity contribution is 6.02. The Hall–Kier alpha value is -2.75. The number of hydrogen-bond donors (Lipinski definition) is 1. The van der Waals surface area contributed by atoms with Gasteiger partial charge in [0.1, 0.15) is 23.1 Å². The van der Waals surface area contributed by atoms with E-state index in [-0.39, 0.29) is 11.4 Å². The second-order valence-corrected chi connectivity index (χ2v) is 4.57. The molecule has 1 N–H and O–H groups in total. The van der Waals surface area contributed by atoms with Crippen molar-refractivity contribution < 1.29 is 13.9 Å². The third-order valence-corrected chi connectivity index (χ3v) is 3.19. The van der Waals surface area contributed by atoms with E-state index in [0.29, 0.717) is 5.56 Å². The molecular weight excluding hydrogens is 272 g/mol. The highest BCUT2D eigenvalue weighted by Gasteiger charge is 2.06. The van der Waals surface area contributed by atoms with Crippen LogP contribution in [0.3, 0.4) is 0 Å². The molecule has 0 spiro atoms. The number of aliphatic imine (C=N–C) groups is 1. The van der Waals surface area contributed by atoms with E-state index in [2.05, 4.69) is 4.99 Å². The number of benzene rings is 3. The Kier molecular flexibility index (Phi) is 3.36. The van der Waals surface area contributed by atoms with Crippen LogP contribution in [0.25, 0.3) is 10.8 Å². The number of hydrogen-bond acceptors (Lipinski definition) is 2. The fraction of sp³-hybridized carbons (Fsp3) is 0. The molecule has 0 atom stereocenters. The quantitative estimate of drug-likeness (QED) is 0.686. The van der Waals surface area contributed by atoms with Crippen molar-refractivity contribution in [3.63, 3.8) is 0 Å². The first-order valence-electron chi connectivity index (χ1n) is 6.35. The standard InChI is InChI=1S/C17H11F2NO/c18-12-6-7-15(19)16(9-12)20-10-14-13-4-2-1-3-11(13)5-8-17(14)21/h1-10,21H. The molecule has 3 rings (SSSR count). The van der Waals surface area contributed by atoms with Crippen LogP contribution in [-0.4, -0.2) is 11.3 Å². The van der Waals surface area contributed by atoms with Gasteiger partial charge in [-0.15, -0.1) is 0 Å². The van der Waals surface area contributed by atoms with Gasteiger partial charge in [0.05, 0.1) is 0 Å². The summed E-state index contributed by atoms with van der Waals surface area (Å²) in [4.78, 5) is 3.95. The van der Waals surface area contributed by atoms with E-state index in [1.807, 2.05) is 24.3 Å². The second kappa shape index (κ2) is 5.32. The minimum absolute atomic E-state index is 0.0364. The number of phenols is 1. The van der Waals surface area contributed by atoms with Crippen molar-refractivity contribution in [1.29, 1.82) is 0 Å². The number of rotatable bonds is 2. The van der Waals surface area contributed by atoms with Crippen molar-refractivity contribution in [3.8, 4) is 5.75 Å². The summed E-state index contributed by atoms with van der Waals surface area (Å²) in [5, 5.41) is 11.7. The maximum atomic E-state index is 13.5. The van der Waals surface area contributed by atoms with E-state index in [0.717, 1.165) is 29.0 Å². The van der Waals surface area contributed by atoms with Gasteiger partial charge in [-0.25, -0.2) is 8.78 Å². The number of nitrogens with zero attached hydrogens (tertiary/aromatic N) is 1. The van der Waals surface area contributed by atoms with Gasteiger partial charge in [0.2, 0.25) is 0 Å². The minimum atomic E-state index is -0.618. The lowest BCUT2D eigenvalue weighted by Gasteiger charge is -2.04. The molecular formula is C17H11F2NO. The molecule has 0 aliphatic rings. The van der Waals surface area contributed by atoms with Crippen molar-refractivity contribution in [2.24, 2.45) is 4.99 Å². The molecule has 0 saturated heterocycles. The van der Waals surface area contributed by atoms with E-state index < -0.39 is 11.6 Å². The van der Waals surface area contributed by atoms with Crippen LogP contribution < -0.4 is 0 Å². The summed E-state index contributed by atoms with van der Waals surface area (Å²) in [7, 11) is 0. The molecule has 3 aromatic rings. The number of phenolic OH excluding ortho intramolecular Hbond substituents is 1. The Balaban J connectivity index is 2.11. The topological polar surface area (TPSA) is 32.6 Å². The summed E-state index contributed by atoms with van der Waals surface area (Å²) in [6.45, 7) is 0. The molecule has 2 nitrogen and oxygen atoms in total. The van der Waals surface area contributed by atoms with Gasteiger partial charge >= 0.3 is 0 Å². The molecule has 3 aromatic carbocycles. The smallest absolute Gasteiger partial charge is 0.149 e. The van der Waals surface area contributed by atoms with Crippen LogP contribution >= 0.6 is 0 Å². The molecule has 0 aliphatic carbocycles. The van der Waals surface area contributed by atoms with Gasteiger partial charge in [0.25, 0.3) is 0 Å². The number of aromatic hydroxyl groups is 1. The van der Waals surface area contributed by atoms with Crippen molar-refractivity contribution >= 4 is 22.7 Å². The summed E-state index contributed by atoms with van der Waals surface area (Å²) in [5.41, 5.74) is 0.360. The summed E-state index contributed by atoms with van der Waals surface area (Å²) in [6, 6.07) is 13.8. The van der Waals surface area contributed by atoms with Crippen LogP contribution in [0.1, 0.15) is 5.56 Å². The molecule has 0 fully saturated rings. The Morgan fingerprint density at radius 2 is 1.76 bits per heavy atom. The van der Waals surface area contributed by atoms with Gasteiger partial charge in [0.15, 0.2) is 0 Å². The SMILES string of the molecule is Oc1ccc2ccccc2c1C=Nc1cc(F)ccc1F. The first-order chi connectivity index (χ1) is 10.1. The van der Waals surface area contributed by atoms with Gasteiger partial charge in [-0.3, -0.25) is 4.99 Å². The maximum absolute atomic E-state index is 13.5. The number of halogens is 2. The molecule has 0 amide bonds. The third kappa shape index (κ3) is 2.60. The van der Waals surface area contributed by atoms with Gasteiger partial charge in [0, 0.05) is 17.8 Å². The highest BCUT2D eigenvalue weighted by Crippen LogP contribution is 2.26. The largest absolute Gasteiger partial charge is 0.507 e. The van der Waals surface area contributed by atoms with E-state index in [4.69, 9.17) is 0 Å². The lowest BCUT2D eigenvalue weighted by Crippen LogP contribution is -1.87. The maximum Gasteiger partial charge on any atom is 0.149 e. The second-order valence-electron chi connectivity index (χ2n) is 4.57. The molecule has 0 unspecified atom stereocenters. The Morgan fingerprint density at radius 3 is 2.62 bits per heavy atom. The third-order valence-electron chi connectivity index (χ3n) is 3.19. The molecule has 0 aromatic heterocycles. The molecule has 4 heteroatoms. The van der Waals surface area contributed by atoms with Crippen LogP contribution in [0.2, 0.25) is 0 Å². The summed E-state index contributed by atoms with van der Waals surface area (Å²) < 4.78 is 26.7. The van der Waals surface area contributed by atoms with Crippen molar-refractivity contribution in [2.75, 3.05) is 0 Å². The molecule has 21 heavy (non-hydrogen) atoms. The van der Waals surface area contributed by atoms with Crippen LogP contribution in [0.5, 0.6) is 5.75 Å². The Labute approximate surface area is 120 Å². The monoisotopic (exact) mass is 283 g/mol.